The monoisotopic (exact) mass is 234 g/mol. The second-order valence-corrected chi connectivity index (χ2v) is 4.17. The second kappa shape index (κ2) is 4.40. The summed E-state index contributed by atoms with van der Waals surface area (Å²) in [5, 5.41) is 0. The highest BCUT2D eigenvalue weighted by molar-refractivity contribution is 5.88. The summed E-state index contributed by atoms with van der Waals surface area (Å²) in [6, 6.07) is 3.51. The lowest BCUT2D eigenvalue weighted by Crippen LogP contribution is -2.28. The van der Waals surface area contributed by atoms with Gasteiger partial charge in [-0.15, -0.1) is 0 Å². The van der Waals surface area contributed by atoms with Crippen molar-refractivity contribution in [3.05, 3.63) is 23.9 Å². The van der Waals surface area contributed by atoms with Crippen molar-refractivity contribution in [3.63, 3.8) is 0 Å². The molecule has 1 aliphatic rings. The van der Waals surface area contributed by atoms with E-state index < -0.39 is 5.91 Å². The maximum atomic E-state index is 11.6. The van der Waals surface area contributed by atoms with Crippen LogP contribution in [0.3, 0.4) is 0 Å². The number of carbonyl (C=O) groups is 2. The van der Waals surface area contributed by atoms with E-state index in [0.29, 0.717) is 18.9 Å². The number of amides is 2. The number of primary amides is 1. The number of hydrogen-bond donors (Lipinski definition) is 2. The number of nitrogens with two attached hydrogens (primary N) is 2. The summed E-state index contributed by atoms with van der Waals surface area (Å²) in [6.45, 7) is 0.825. The van der Waals surface area contributed by atoms with Gasteiger partial charge in [0.05, 0.1) is 5.92 Å². The summed E-state index contributed by atoms with van der Waals surface area (Å²) in [4.78, 5) is 28.2. The lowest BCUT2D eigenvalue weighted by atomic mass is 10.1. The molecule has 2 amide bonds. The predicted octanol–water partition coefficient (Wildman–Crippen LogP) is -0.502. The van der Waals surface area contributed by atoms with E-state index in [-0.39, 0.29) is 18.2 Å². The van der Waals surface area contributed by atoms with Crippen LogP contribution in [-0.2, 0) is 16.1 Å². The number of nitrogens with zero attached hydrogens (tertiary/aromatic N) is 2. The van der Waals surface area contributed by atoms with Gasteiger partial charge in [0.2, 0.25) is 11.8 Å². The summed E-state index contributed by atoms with van der Waals surface area (Å²) in [5.41, 5.74) is 11.6. The first-order chi connectivity index (χ1) is 8.06. The van der Waals surface area contributed by atoms with E-state index >= 15 is 0 Å². The summed E-state index contributed by atoms with van der Waals surface area (Å²) >= 11 is 0. The topological polar surface area (TPSA) is 102 Å². The average Bonchev–Trinajstić information content (AvgIpc) is 2.61. The quantitative estimate of drug-likeness (QED) is 0.735. The van der Waals surface area contributed by atoms with Gasteiger partial charge in [0, 0.05) is 25.7 Å². The predicted molar refractivity (Wildman–Crippen MR) is 61.4 cm³/mol. The zero-order valence-electron chi connectivity index (χ0n) is 9.30. The molecule has 1 aliphatic heterocycles. The van der Waals surface area contributed by atoms with Crippen LogP contribution in [0.15, 0.2) is 18.3 Å². The van der Waals surface area contributed by atoms with Crippen LogP contribution < -0.4 is 11.5 Å². The van der Waals surface area contributed by atoms with E-state index in [9.17, 15) is 9.59 Å². The van der Waals surface area contributed by atoms with Crippen LogP contribution in [0, 0.1) is 5.92 Å². The number of likely N-dealkylation sites (tertiary alicyclic amines) is 1. The van der Waals surface area contributed by atoms with Gasteiger partial charge in [-0.25, -0.2) is 4.98 Å². The molecule has 6 nitrogen and oxygen atoms in total. The number of hydrogen-bond acceptors (Lipinski definition) is 4. The molecule has 90 valence electrons. The van der Waals surface area contributed by atoms with E-state index in [0.717, 1.165) is 5.56 Å². The van der Waals surface area contributed by atoms with Crippen LogP contribution in [0.25, 0.3) is 0 Å². The normalized spacial score (nSPS) is 19.6. The maximum absolute atomic E-state index is 11.6. The Bertz CT molecular complexity index is 461. The summed E-state index contributed by atoms with van der Waals surface area (Å²) in [7, 11) is 0. The van der Waals surface area contributed by atoms with Crippen molar-refractivity contribution < 1.29 is 9.59 Å². The smallest absolute Gasteiger partial charge is 0.223 e. The maximum Gasteiger partial charge on any atom is 0.223 e. The van der Waals surface area contributed by atoms with Gasteiger partial charge in [0.25, 0.3) is 0 Å². The lowest BCUT2D eigenvalue weighted by molar-refractivity contribution is -0.128. The zero-order chi connectivity index (χ0) is 12.4. The highest BCUT2D eigenvalue weighted by Gasteiger charge is 2.32. The standard InChI is InChI=1S/C11H14N4O2/c12-9-3-7(1-2-14-9)5-15-6-8(11(13)17)4-10(15)16/h1-3,8H,4-6H2,(H2,12,14)(H2,13,17). The molecule has 0 spiro atoms. The van der Waals surface area contributed by atoms with Crippen LogP contribution in [0.1, 0.15) is 12.0 Å². The zero-order valence-corrected chi connectivity index (χ0v) is 9.30. The third-order valence-electron chi connectivity index (χ3n) is 2.84. The minimum atomic E-state index is -0.421. The van der Waals surface area contributed by atoms with E-state index in [2.05, 4.69) is 4.98 Å². The first-order valence-corrected chi connectivity index (χ1v) is 5.34. The van der Waals surface area contributed by atoms with Crippen molar-refractivity contribution in [2.24, 2.45) is 11.7 Å². The Morgan fingerprint density at radius 2 is 2.35 bits per heavy atom. The largest absolute Gasteiger partial charge is 0.384 e. The van der Waals surface area contributed by atoms with Crippen molar-refractivity contribution in [1.82, 2.24) is 9.88 Å². The number of pyridine rings is 1. The van der Waals surface area contributed by atoms with Gasteiger partial charge in [-0.1, -0.05) is 0 Å². The molecule has 2 heterocycles. The van der Waals surface area contributed by atoms with Crippen molar-refractivity contribution in [2.45, 2.75) is 13.0 Å². The van der Waals surface area contributed by atoms with Gasteiger partial charge in [-0.05, 0) is 17.7 Å². The van der Waals surface area contributed by atoms with E-state index in [1.165, 1.54) is 0 Å². The molecule has 1 aromatic rings. The third kappa shape index (κ3) is 2.52. The third-order valence-corrected chi connectivity index (χ3v) is 2.84. The van der Waals surface area contributed by atoms with E-state index in [1.54, 1.807) is 23.2 Å². The molecule has 1 aromatic heterocycles. The molecule has 1 saturated heterocycles. The fourth-order valence-corrected chi connectivity index (χ4v) is 1.93. The number of aromatic nitrogens is 1. The Balaban J connectivity index is 2.05. The van der Waals surface area contributed by atoms with E-state index in [4.69, 9.17) is 11.5 Å². The first-order valence-electron chi connectivity index (χ1n) is 5.34. The van der Waals surface area contributed by atoms with Gasteiger partial charge >= 0.3 is 0 Å². The number of nitrogen functional groups attached to an aromatic ring is 1. The van der Waals surface area contributed by atoms with Crippen LogP contribution in [0.5, 0.6) is 0 Å². The summed E-state index contributed by atoms with van der Waals surface area (Å²) in [5.74, 6) is -0.429. The van der Waals surface area contributed by atoms with E-state index in [1.807, 2.05) is 0 Å². The van der Waals surface area contributed by atoms with Crippen LogP contribution in [0.2, 0.25) is 0 Å². The van der Waals surface area contributed by atoms with Crippen LogP contribution >= 0.6 is 0 Å². The van der Waals surface area contributed by atoms with Gasteiger partial charge in [0.15, 0.2) is 0 Å². The van der Waals surface area contributed by atoms with Crippen LogP contribution in [0.4, 0.5) is 5.82 Å². The minimum Gasteiger partial charge on any atom is -0.384 e. The summed E-state index contributed by atoms with van der Waals surface area (Å²) in [6.07, 6.45) is 1.80. The lowest BCUT2D eigenvalue weighted by Gasteiger charge is -2.16. The first kappa shape index (κ1) is 11.4. The molecule has 0 aromatic carbocycles. The Kier molecular flexibility index (Phi) is 2.95. The van der Waals surface area contributed by atoms with Crippen molar-refractivity contribution in [3.8, 4) is 0 Å². The second-order valence-electron chi connectivity index (χ2n) is 4.17. The molecule has 4 N–H and O–H groups in total. The van der Waals surface area contributed by atoms with Crippen molar-refractivity contribution >= 4 is 17.6 Å². The molecular weight excluding hydrogens is 220 g/mol. The number of anilines is 1. The van der Waals surface area contributed by atoms with Crippen molar-refractivity contribution in [1.29, 1.82) is 0 Å². The van der Waals surface area contributed by atoms with Gasteiger partial charge in [0.1, 0.15) is 5.82 Å². The van der Waals surface area contributed by atoms with Crippen molar-refractivity contribution in [2.75, 3.05) is 12.3 Å². The summed E-state index contributed by atoms with van der Waals surface area (Å²) < 4.78 is 0. The average molecular weight is 234 g/mol. The molecule has 17 heavy (non-hydrogen) atoms. The van der Waals surface area contributed by atoms with Gasteiger partial charge < -0.3 is 16.4 Å². The Labute approximate surface area is 98.6 Å². The minimum absolute atomic E-state index is 0.0517. The van der Waals surface area contributed by atoms with Gasteiger partial charge in [-0.2, -0.15) is 0 Å². The molecule has 0 aliphatic carbocycles. The molecule has 1 fully saturated rings. The fraction of sp³-hybridized carbons (Fsp3) is 0.364. The molecular formula is C11H14N4O2. The molecule has 6 heteroatoms. The molecule has 2 rings (SSSR count). The molecule has 0 bridgehead atoms. The molecule has 0 saturated carbocycles. The van der Waals surface area contributed by atoms with Gasteiger partial charge in [-0.3, -0.25) is 9.59 Å². The Morgan fingerprint density at radius 3 is 2.94 bits per heavy atom. The highest BCUT2D eigenvalue weighted by Crippen LogP contribution is 2.20. The number of carbonyl (C=O) groups excluding carboxylic acids is 2. The highest BCUT2D eigenvalue weighted by atomic mass is 16.2. The molecule has 1 atom stereocenters. The fourth-order valence-electron chi connectivity index (χ4n) is 1.93. The Morgan fingerprint density at radius 1 is 1.59 bits per heavy atom. The number of rotatable bonds is 3. The molecule has 1 unspecified atom stereocenters. The molecule has 0 radical (unpaired) electrons. The van der Waals surface area contributed by atoms with Crippen LogP contribution in [-0.4, -0.2) is 28.2 Å². The SMILES string of the molecule is NC(=O)C1CC(=O)N(Cc2ccnc(N)c2)C1. The Hall–Kier alpha value is -2.11.